The van der Waals surface area contributed by atoms with E-state index in [-0.39, 0.29) is 0 Å². The third-order valence-electron chi connectivity index (χ3n) is 9.06. The topological polar surface area (TPSA) is 24.9 Å². The van der Waals surface area contributed by atoms with Crippen molar-refractivity contribution in [3.63, 3.8) is 0 Å². The second-order valence-electron chi connectivity index (χ2n) is 13.4. The fourth-order valence-corrected chi connectivity index (χ4v) is 6.15. The van der Waals surface area contributed by atoms with Crippen molar-refractivity contribution in [2.45, 2.75) is 144 Å². The van der Waals surface area contributed by atoms with Crippen LogP contribution in [0, 0.1) is 0 Å². The number of unbranched alkanes of at least 4 members (excludes halogenated alkanes) is 10. The molecule has 0 saturated heterocycles. The molecule has 0 unspecified atom stereocenters. The monoisotopic (exact) mass is 637 g/mol. The largest absolute Gasteiger partial charge is 0.377 e. The minimum Gasteiger partial charge on any atom is -0.377 e. The highest BCUT2D eigenvalue weighted by atomic mass is 16.5. The Balaban J connectivity index is 1.69. The molecule has 0 fully saturated rings. The zero-order valence-electron chi connectivity index (χ0n) is 30.7. The Labute approximate surface area is 285 Å². The first-order valence-corrected chi connectivity index (χ1v) is 19.5. The maximum atomic E-state index is 6.12. The summed E-state index contributed by atoms with van der Waals surface area (Å²) in [6.45, 7) is 19.7. The summed E-state index contributed by atoms with van der Waals surface area (Å²) in [5.74, 6) is 0. The average molecular weight is 637 g/mol. The number of nitrogens with zero attached hydrogens (tertiary/aromatic N) is 2. The van der Waals surface area contributed by atoms with E-state index in [1.807, 2.05) is 0 Å². The molecule has 0 aliphatic rings. The number of rotatable bonds is 31. The highest BCUT2D eigenvalue weighted by Crippen LogP contribution is 2.22. The van der Waals surface area contributed by atoms with Gasteiger partial charge in [-0.15, -0.1) is 0 Å². The van der Waals surface area contributed by atoms with Crippen LogP contribution in [0.4, 0.5) is 0 Å². The summed E-state index contributed by atoms with van der Waals surface area (Å²) in [5.41, 5.74) is 5.00. The average Bonchev–Trinajstić information content (AvgIpc) is 3.08. The molecule has 46 heavy (non-hydrogen) atoms. The van der Waals surface area contributed by atoms with E-state index < -0.39 is 0 Å². The molecule has 0 radical (unpaired) electrons. The lowest BCUT2D eigenvalue weighted by molar-refractivity contribution is 0.114. The highest BCUT2D eigenvalue weighted by Gasteiger charge is 2.07. The number of hydrogen-bond donors (Lipinski definition) is 0. The summed E-state index contributed by atoms with van der Waals surface area (Å²) in [6, 6.07) is 17.7. The molecule has 0 atom stereocenters. The molecule has 4 heteroatoms. The standard InChI is InChI=1S/C42H72N2O2/c1-5-9-13-27-43(28-14-10-6-2)31-17-19-33-45-37-39-23-21-25-41(35-39)42-26-22-24-40(36-42)38-46-34-20-18-32-44(29-15-11-7-3)30-16-12-8-4/h21-26,35-36H,5-20,27-34,37-38H2,1-4H3. The van der Waals surface area contributed by atoms with Crippen molar-refractivity contribution >= 4 is 0 Å². The van der Waals surface area contributed by atoms with Gasteiger partial charge in [-0.3, -0.25) is 0 Å². The predicted octanol–water partition coefficient (Wildman–Crippen LogP) is 11.3. The molecule has 0 bridgehead atoms. The Hall–Kier alpha value is -1.72. The fourth-order valence-electron chi connectivity index (χ4n) is 6.15. The first kappa shape index (κ1) is 40.5. The molecule has 0 aliphatic heterocycles. The summed E-state index contributed by atoms with van der Waals surface area (Å²) >= 11 is 0. The smallest absolute Gasteiger partial charge is 0.0717 e. The molecule has 0 spiro atoms. The van der Waals surface area contributed by atoms with Gasteiger partial charge in [0, 0.05) is 13.2 Å². The molecule has 2 rings (SSSR count). The molecule has 0 heterocycles. The van der Waals surface area contributed by atoms with Gasteiger partial charge in [-0.2, -0.15) is 0 Å². The third kappa shape index (κ3) is 19.8. The quantitative estimate of drug-likeness (QED) is 0.0769. The van der Waals surface area contributed by atoms with Crippen molar-refractivity contribution in [3.05, 3.63) is 59.7 Å². The van der Waals surface area contributed by atoms with E-state index in [0.29, 0.717) is 13.2 Å². The van der Waals surface area contributed by atoms with Crippen LogP contribution in [-0.2, 0) is 22.7 Å². The fraction of sp³-hybridized carbons (Fsp3) is 0.714. The van der Waals surface area contributed by atoms with E-state index in [2.05, 4.69) is 86.0 Å². The zero-order chi connectivity index (χ0) is 32.9. The Morgan fingerprint density at radius 3 is 1.07 bits per heavy atom. The molecular formula is C42H72N2O2. The second-order valence-corrected chi connectivity index (χ2v) is 13.4. The Morgan fingerprint density at radius 2 is 0.739 bits per heavy atom. The van der Waals surface area contributed by atoms with Gasteiger partial charge < -0.3 is 19.3 Å². The van der Waals surface area contributed by atoms with Gasteiger partial charge in [-0.05, 0) is 125 Å². The van der Waals surface area contributed by atoms with Crippen LogP contribution in [0.5, 0.6) is 0 Å². The summed E-state index contributed by atoms with van der Waals surface area (Å²) in [6.07, 6.45) is 20.7. The Bertz CT molecular complexity index is 867. The summed E-state index contributed by atoms with van der Waals surface area (Å²) in [4.78, 5) is 5.38. The molecule has 2 aromatic carbocycles. The van der Waals surface area contributed by atoms with Crippen molar-refractivity contribution in [1.29, 1.82) is 0 Å². The minimum atomic E-state index is 0.683. The predicted molar refractivity (Wildman–Crippen MR) is 201 cm³/mol. The van der Waals surface area contributed by atoms with Crippen LogP contribution >= 0.6 is 0 Å². The lowest BCUT2D eigenvalue weighted by Gasteiger charge is -2.22. The molecule has 0 aromatic heterocycles. The van der Waals surface area contributed by atoms with Crippen LogP contribution in [0.25, 0.3) is 11.1 Å². The Kier molecular flexibility index (Phi) is 24.9. The van der Waals surface area contributed by atoms with E-state index >= 15 is 0 Å². The summed E-state index contributed by atoms with van der Waals surface area (Å²) in [7, 11) is 0. The molecule has 0 saturated carbocycles. The normalized spacial score (nSPS) is 11.7. The van der Waals surface area contributed by atoms with Crippen LogP contribution in [-0.4, -0.2) is 62.3 Å². The number of hydrogen-bond acceptors (Lipinski definition) is 4. The molecule has 262 valence electrons. The van der Waals surface area contributed by atoms with Gasteiger partial charge in [0.05, 0.1) is 13.2 Å². The SMILES string of the molecule is CCCCCN(CCCCC)CCCCOCc1cccc(-c2cccc(COCCCCN(CCCCC)CCCCC)c2)c1. The molecule has 0 aliphatic carbocycles. The second kappa shape index (κ2) is 28.3. The van der Waals surface area contributed by atoms with Crippen LogP contribution in [0.3, 0.4) is 0 Å². The molecule has 4 nitrogen and oxygen atoms in total. The van der Waals surface area contributed by atoms with E-state index in [9.17, 15) is 0 Å². The van der Waals surface area contributed by atoms with Crippen LogP contribution < -0.4 is 0 Å². The number of benzene rings is 2. The van der Waals surface area contributed by atoms with E-state index in [0.717, 1.165) is 26.1 Å². The van der Waals surface area contributed by atoms with Crippen LogP contribution in [0.2, 0.25) is 0 Å². The Morgan fingerprint density at radius 1 is 0.413 bits per heavy atom. The minimum absolute atomic E-state index is 0.683. The van der Waals surface area contributed by atoms with Gasteiger partial charge in [0.15, 0.2) is 0 Å². The van der Waals surface area contributed by atoms with Crippen molar-refractivity contribution in [2.75, 3.05) is 52.5 Å². The molecule has 0 N–H and O–H groups in total. The van der Waals surface area contributed by atoms with E-state index in [1.165, 1.54) is 151 Å². The van der Waals surface area contributed by atoms with Gasteiger partial charge in [-0.1, -0.05) is 115 Å². The van der Waals surface area contributed by atoms with Crippen molar-refractivity contribution in [2.24, 2.45) is 0 Å². The first-order chi connectivity index (χ1) is 22.7. The highest BCUT2D eigenvalue weighted by molar-refractivity contribution is 5.64. The van der Waals surface area contributed by atoms with E-state index in [4.69, 9.17) is 9.47 Å². The third-order valence-corrected chi connectivity index (χ3v) is 9.06. The van der Waals surface area contributed by atoms with Gasteiger partial charge in [0.25, 0.3) is 0 Å². The van der Waals surface area contributed by atoms with E-state index in [1.54, 1.807) is 0 Å². The van der Waals surface area contributed by atoms with Crippen molar-refractivity contribution in [3.8, 4) is 11.1 Å². The van der Waals surface area contributed by atoms with Gasteiger partial charge in [0.2, 0.25) is 0 Å². The zero-order valence-corrected chi connectivity index (χ0v) is 30.7. The maximum absolute atomic E-state index is 6.12. The molecule has 2 aromatic rings. The summed E-state index contributed by atoms with van der Waals surface area (Å²) in [5, 5.41) is 0. The van der Waals surface area contributed by atoms with Gasteiger partial charge in [0.1, 0.15) is 0 Å². The lowest BCUT2D eigenvalue weighted by atomic mass is 10.0. The van der Waals surface area contributed by atoms with Gasteiger partial charge >= 0.3 is 0 Å². The van der Waals surface area contributed by atoms with Crippen molar-refractivity contribution in [1.82, 2.24) is 9.80 Å². The van der Waals surface area contributed by atoms with Gasteiger partial charge in [-0.25, -0.2) is 0 Å². The summed E-state index contributed by atoms with van der Waals surface area (Å²) < 4.78 is 12.2. The number of ether oxygens (including phenoxy) is 2. The molecule has 0 amide bonds. The first-order valence-electron chi connectivity index (χ1n) is 19.5. The maximum Gasteiger partial charge on any atom is 0.0717 e. The van der Waals surface area contributed by atoms with Crippen molar-refractivity contribution < 1.29 is 9.47 Å². The van der Waals surface area contributed by atoms with Crippen LogP contribution in [0.15, 0.2) is 48.5 Å². The van der Waals surface area contributed by atoms with Crippen LogP contribution in [0.1, 0.15) is 142 Å². The lowest BCUT2D eigenvalue weighted by Crippen LogP contribution is -2.27. The molecular weight excluding hydrogens is 564 g/mol.